The molecule has 1 aromatic carbocycles. The molecule has 2 rings (SSSR count). The highest BCUT2D eigenvalue weighted by Crippen LogP contribution is 2.30. The fourth-order valence-corrected chi connectivity index (χ4v) is 1.60. The van der Waals surface area contributed by atoms with Gasteiger partial charge < -0.3 is 4.74 Å². The number of hydrogen-bond donors (Lipinski definition) is 0. The maximum atomic E-state index is 11.0. The van der Waals surface area contributed by atoms with E-state index in [1.807, 2.05) is 13.0 Å². The minimum atomic E-state index is -0.336. The van der Waals surface area contributed by atoms with Crippen molar-refractivity contribution in [3.05, 3.63) is 52.8 Å². The van der Waals surface area contributed by atoms with E-state index in [4.69, 9.17) is 16.3 Å². The van der Waals surface area contributed by atoms with Crippen LogP contribution < -0.4 is 4.74 Å². The molecule has 17 heavy (non-hydrogen) atoms. The summed E-state index contributed by atoms with van der Waals surface area (Å²) in [7, 11) is 0. The van der Waals surface area contributed by atoms with Crippen molar-refractivity contribution < 1.29 is 9.84 Å². The molecule has 0 spiro atoms. The number of halogens is 1. The highest BCUT2D eigenvalue weighted by atomic mass is 35.5. The highest BCUT2D eigenvalue weighted by Gasteiger charge is 2.08. The molecule has 1 aromatic heterocycles. The Morgan fingerprint density at radius 2 is 2.12 bits per heavy atom. The van der Waals surface area contributed by atoms with E-state index in [9.17, 15) is 5.11 Å². The van der Waals surface area contributed by atoms with Gasteiger partial charge in [0, 0.05) is 22.3 Å². The lowest BCUT2D eigenvalue weighted by molar-refractivity contribution is 0.175. The van der Waals surface area contributed by atoms with Crippen LogP contribution in [-0.2, 0) is 11.7 Å². The molecule has 0 aliphatic carbocycles. The molecule has 87 valence electrons. The molecular weight excluding hydrogens is 238 g/mol. The highest BCUT2D eigenvalue weighted by molar-refractivity contribution is 6.31. The molecule has 0 aliphatic heterocycles. The molecule has 1 heterocycles. The molecule has 0 bridgehead atoms. The Hall–Kier alpha value is -1.58. The number of nitrogens with zero attached hydrogens (tertiary/aromatic N) is 1. The van der Waals surface area contributed by atoms with Crippen molar-refractivity contribution in [2.24, 2.45) is 0 Å². The van der Waals surface area contributed by atoms with Gasteiger partial charge in [-0.2, -0.15) is 0 Å². The molecule has 0 atom stereocenters. The van der Waals surface area contributed by atoms with Gasteiger partial charge in [-0.15, -0.1) is 0 Å². The molecule has 4 heteroatoms. The smallest absolute Gasteiger partial charge is 0.151 e. The van der Waals surface area contributed by atoms with Crippen molar-refractivity contribution >= 4 is 11.6 Å². The van der Waals surface area contributed by atoms with E-state index in [-0.39, 0.29) is 6.61 Å². The fourth-order valence-electron chi connectivity index (χ4n) is 1.44. The summed E-state index contributed by atoms with van der Waals surface area (Å²) in [6.07, 6.45) is 3.11. The minimum Gasteiger partial charge on any atom is -0.455 e. The fraction of sp³-hybridized carbons (Fsp3) is 0.154. The van der Waals surface area contributed by atoms with Crippen LogP contribution in [0.1, 0.15) is 11.1 Å². The van der Waals surface area contributed by atoms with Crippen molar-refractivity contribution in [1.29, 1.82) is 0 Å². The topological polar surface area (TPSA) is 42.0 Å². The van der Waals surface area contributed by atoms with Gasteiger partial charge in [0.25, 0.3) is 0 Å². The average Bonchev–Trinajstić information content (AvgIpc) is 2.35. The first-order valence-corrected chi connectivity index (χ1v) is 5.54. The zero-order chi connectivity index (χ0) is 12.3. The van der Waals surface area contributed by atoms with E-state index < -0.39 is 0 Å². The van der Waals surface area contributed by atoms with Gasteiger partial charge in [0.15, 0.2) is 5.75 Å². The molecule has 0 saturated heterocycles. The first-order valence-electron chi connectivity index (χ1n) is 5.16. The number of hydrogen-bond acceptors (Lipinski definition) is 2. The van der Waals surface area contributed by atoms with Crippen LogP contribution in [0.5, 0.6) is 11.5 Å². The van der Waals surface area contributed by atoms with Gasteiger partial charge in [-0.3, -0.25) is 4.98 Å². The number of aromatic nitrogens is 1. The number of pyridine rings is 1. The van der Waals surface area contributed by atoms with Crippen molar-refractivity contribution in [1.82, 2.24) is 4.98 Å². The molecule has 0 unspecified atom stereocenters. The van der Waals surface area contributed by atoms with E-state index in [1.165, 1.54) is 6.20 Å². The van der Waals surface area contributed by atoms with Gasteiger partial charge in [-0.1, -0.05) is 17.7 Å². The summed E-state index contributed by atoms with van der Waals surface area (Å²) in [6.45, 7) is 1.53. The van der Waals surface area contributed by atoms with Gasteiger partial charge in [0.1, 0.15) is 12.4 Å². The summed E-state index contributed by atoms with van der Waals surface area (Å²) in [5.74, 6) is 1.12. The van der Waals surface area contributed by atoms with E-state index in [2.05, 4.69) is 4.98 Å². The molecule has 1 radical (unpaired) electrons. The number of ether oxygens (including phenoxy) is 1. The second-order valence-corrected chi connectivity index (χ2v) is 4.00. The average molecular weight is 249 g/mol. The van der Waals surface area contributed by atoms with Crippen LogP contribution in [0, 0.1) is 6.92 Å². The second-order valence-electron chi connectivity index (χ2n) is 3.59. The first kappa shape index (κ1) is 11.9. The van der Waals surface area contributed by atoms with Gasteiger partial charge in [-0.05, 0) is 25.1 Å². The number of rotatable bonds is 3. The summed E-state index contributed by atoms with van der Waals surface area (Å²) in [4.78, 5) is 3.94. The normalized spacial score (nSPS) is 10.3. The lowest BCUT2D eigenvalue weighted by atomic mass is 10.2. The van der Waals surface area contributed by atoms with Crippen LogP contribution >= 0.6 is 11.6 Å². The molecule has 0 N–H and O–H groups in total. The summed E-state index contributed by atoms with van der Waals surface area (Å²) in [5.41, 5.74) is 1.43. The first-order chi connectivity index (χ1) is 8.22. The van der Waals surface area contributed by atoms with Crippen LogP contribution in [0.3, 0.4) is 0 Å². The maximum absolute atomic E-state index is 11.0. The van der Waals surface area contributed by atoms with Gasteiger partial charge in [0.2, 0.25) is 0 Å². The maximum Gasteiger partial charge on any atom is 0.151 e. The quantitative estimate of drug-likeness (QED) is 0.830. The Labute approximate surface area is 105 Å². The molecular formula is C13H11ClNO2. The SMILES string of the molecule is Cc1c(Cl)cccc1Oc1cnccc1C[O]. The molecule has 2 aromatic rings. The zero-order valence-corrected chi connectivity index (χ0v) is 10.1. The van der Waals surface area contributed by atoms with E-state index >= 15 is 0 Å². The zero-order valence-electron chi connectivity index (χ0n) is 9.31. The van der Waals surface area contributed by atoms with Crippen LogP contribution in [0.15, 0.2) is 36.7 Å². The summed E-state index contributed by atoms with van der Waals surface area (Å²) >= 11 is 6.00. The molecule has 0 fully saturated rings. The second kappa shape index (κ2) is 5.17. The third-order valence-electron chi connectivity index (χ3n) is 2.46. The van der Waals surface area contributed by atoms with E-state index in [1.54, 1.807) is 24.4 Å². The molecule has 0 amide bonds. The Bertz CT molecular complexity index is 529. The van der Waals surface area contributed by atoms with Gasteiger partial charge >= 0.3 is 0 Å². The van der Waals surface area contributed by atoms with Crippen molar-refractivity contribution in [3.8, 4) is 11.5 Å². The standard InChI is InChI=1S/C13H11ClNO2/c1-9-11(14)3-2-4-12(9)17-13-7-15-6-5-10(13)8-16/h2-7H,8H2,1H3. The monoisotopic (exact) mass is 248 g/mol. The third kappa shape index (κ3) is 2.57. The summed E-state index contributed by atoms with van der Waals surface area (Å²) in [5, 5.41) is 11.6. The largest absolute Gasteiger partial charge is 0.455 e. The Morgan fingerprint density at radius 1 is 1.29 bits per heavy atom. The van der Waals surface area contributed by atoms with Crippen molar-refractivity contribution in [2.45, 2.75) is 13.5 Å². The van der Waals surface area contributed by atoms with Crippen LogP contribution in [-0.4, -0.2) is 4.98 Å². The lowest BCUT2D eigenvalue weighted by Gasteiger charge is -2.11. The Morgan fingerprint density at radius 3 is 2.88 bits per heavy atom. The van der Waals surface area contributed by atoms with E-state index in [0.29, 0.717) is 22.1 Å². The summed E-state index contributed by atoms with van der Waals surface area (Å²) in [6, 6.07) is 7.06. The molecule has 0 saturated carbocycles. The summed E-state index contributed by atoms with van der Waals surface area (Å²) < 4.78 is 5.67. The van der Waals surface area contributed by atoms with E-state index in [0.717, 1.165) is 5.56 Å². The Balaban J connectivity index is 2.35. The van der Waals surface area contributed by atoms with Crippen LogP contribution in [0.25, 0.3) is 0 Å². The van der Waals surface area contributed by atoms with Gasteiger partial charge in [-0.25, -0.2) is 5.11 Å². The predicted octanol–water partition coefficient (Wildman–Crippen LogP) is 3.77. The molecule has 3 nitrogen and oxygen atoms in total. The van der Waals surface area contributed by atoms with Gasteiger partial charge in [0.05, 0.1) is 6.20 Å². The minimum absolute atomic E-state index is 0.336. The lowest BCUT2D eigenvalue weighted by Crippen LogP contribution is -1.93. The van der Waals surface area contributed by atoms with Crippen LogP contribution in [0.4, 0.5) is 0 Å². The predicted molar refractivity (Wildman–Crippen MR) is 64.9 cm³/mol. The third-order valence-corrected chi connectivity index (χ3v) is 2.87. The molecule has 0 aliphatic rings. The van der Waals surface area contributed by atoms with Crippen molar-refractivity contribution in [3.63, 3.8) is 0 Å². The number of benzene rings is 1. The van der Waals surface area contributed by atoms with Crippen LogP contribution in [0.2, 0.25) is 5.02 Å². The van der Waals surface area contributed by atoms with Crippen molar-refractivity contribution in [2.75, 3.05) is 0 Å². The Kier molecular flexibility index (Phi) is 3.61.